The van der Waals surface area contributed by atoms with E-state index < -0.39 is 5.97 Å². The van der Waals surface area contributed by atoms with Crippen molar-refractivity contribution in [2.75, 3.05) is 0 Å². The Morgan fingerprint density at radius 1 is 1.26 bits per heavy atom. The van der Waals surface area contributed by atoms with Crippen LogP contribution in [0.25, 0.3) is 0 Å². The molecule has 0 amide bonds. The van der Waals surface area contributed by atoms with Gasteiger partial charge in [-0.05, 0) is 24.3 Å². The molecule has 1 heterocycles. The molecular formula is C13H9Cl2NO3. The van der Waals surface area contributed by atoms with Gasteiger partial charge in [-0.2, -0.15) is 0 Å². The number of hydrogen-bond acceptors (Lipinski definition) is 3. The van der Waals surface area contributed by atoms with E-state index in [0.29, 0.717) is 21.5 Å². The van der Waals surface area contributed by atoms with E-state index in [4.69, 9.17) is 33.0 Å². The summed E-state index contributed by atoms with van der Waals surface area (Å²) < 4.78 is 5.48. The van der Waals surface area contributed by atoms with Crippen molar-refractivity contribution in [1.82, 2.24) is 4.98 Å². The van der Waals surface area contributed by atoms with Gasteiger partial charge >= 0.3 is 5.97 Å². The van der Waals surface area contributed by atoms with Crippen LogP contribution < -0.4 is 4.74 Å². The molecule has 4 nitrogen and oxygen atoms in total. The molecule has 0 saturated carbocycles. The molecule has 2 aromatic rings. The van der Waals surface area contributed by atoms with E-state index in [1.165, 1.54) is 12.3 Å². The number of hydrogen-bond donors (Lipinski definition) is 1. The first-order valence-corrected chi connectivity index (χ1v) is 6.08. The van der Waals surface area contributed by atoms with Gasteiger partial charge < -0.3 is 9.84 Å². The number of aromatic nitrogens is 1. The van der Waals surface area contributed by atoms with Crippen molar-refractivity contribution in [3.05, 3.63) is 57.8 Å². The van der Waals surface area contributed by atoms with E-state index in [0.717, 1.165) is 0 Å². The molecule has 0 bridgehead atoms. The molecule has 0 atom stereocenters. The van der Waals surface area contributed by atoms with Crippen LogP contribution in [-0.2, 0) is 6.61 Å². The van der Waals surface area contributed by atoms with E-state index in [1.807, 2.05) is 0 Å². The third-order valence-corrected chi connectivity index (χ3v) is 2.89. The number of benzene rings is 1. The molecule has 0 unspecified atom stereocenters. The molecule has 0 aliphatic rings. The predicted octanol–water partition coefficient (Wildman–Crippen LogP) is 3.67. The standard InChI is InChI=1S/C13H9Cl2NO3/c14-9-2-4-11(15)12(5-9)19-7-10-3-1-8(6-16-10)13(17)18/h1-6H,7H2,(H,17,18). The van der Waals surface area contributed by atoms with E-state index in [2.05, 4.69) is 4.98 Å². The zero-order valence-corrected chi connectivity index (χ0v) is 11.1. The van der Waals surface area contributed by atoms with Crippen LogP contribution in [0.1, 0.15) is 16.1 Å². The summed E-state index contributed by atoms with van der Waals surface area (Å²) in [5.74, 6) is -0.559. The summed E-state index contributed by atoms with van der Waals surface area (Å²) in [5, 5.41) is 9.72. The van der Waals surface area contributed by atoms with Crippen LogP contribution in [0.4, 0.5) is 0 Å². The lowest BCUT2D eigenvalue weighted by Gasteiger charge is -2.08. The van der Waals surface area contributed by atoms with E-state index in [9.17, 15) is 4.79 Å². The lowest BCUT2D eigenvalue weighted by Crippen LogP contribution is -2.02. The average Bonchev–Trinajstić information content (AvgIpc) is 2.40. The normalized spacial score (nSPS) is 10.2. The average molecular weight is 298 g/mol. The van der Waals surface area contributed by atoms with Gasteiger partial charge in [0.2, 0.25) is 0 Å². The van der Waals surface area contributed by atoms with Crippen molar-refractivity contribution in [2.45, 2.75) is 6.61 Å². The van der Waals surface area contributed by atoms with Crippen LogP contribution in [0.3, 0.4) is 0 Å². The maximum Gasteiger partial charge on any atom is 0.337 e. The fraction of sp³-hybridized carbons (Fsp3) is 0.0769. The number of ether oxygens (including phenoxy) is 1. The highest BCUT2D eigenvalue weighted by atomic mass is 35.5. The van der Waals surface area contributed by atoms with Gasteiger partial charge in [0, 0.05) is 17.3 Å². The Bertz CT molecular complexity index is 599. The van der Waals surface area contributed by atoms with Gasteiger partial charge in [0.1, 0.15) is 12.4 Å². The quantitative estimate of drug-likeness (QED) is 0.935. The minimum absolute atomic E-state index is 0.129. The van der Waals surface area contributed by atoms with E-state index in [1.54, 1.807) is 24.3 Å². The Balaban J connectivity index is 2.06. The number of pyridine rings is 1. The number of halogens is 2. The Morgan fingerprint density at radius 2 is 2.05 bits per heavy atom. The summed E-state index contributed by atoms with van der Waals surface area (Å²) in [7, 11) is 0. The van der Waals surface area contributed by atoms with Crippen LogP contribution >= 0.6 is 23.2 Å². The minimum Gasteiger partial charge on any atom is -0.486 e. The molecule has 2 rings (SSSR count). The number of aromatic carboxylic acids is 1. The minimum atomic E-state index is -1.02. The second kappa shape index (κ2) is 5.91. The van der Waals surface area contributed by atoms with Gasteiger partial charge in [-0.1, -0.05) is 23.2 Å². The molecule has 0 saturated heterocycles. The maximum atomic E-state index is 10.7. The number of nitrogens with zero attached hydrogens (tertiary/aromatic N) is 1. The molecule has 0 fully saturated rings. The summed E-state index contributed by atoms with van der Waals surface area (Å²) in [4.78, 5) is 14.7. The van der Waals surface area contributed by atoms with Crippen molar-refractivity contribution < 1.29 is 14.6 Å². The predicted molar refractivity (Wildman–Crippen MR) is 72.0 cm³/mol. The van der Waals surface area contributed by atoms with Crippen LogP contribution in [0.5, 0.6) is 5.75 Å². The third-order valence-electron chi connectivity index (χ3n) is 2.34. The highest BCUT2D eigenvalue weighted by molar-refractivity contribution is 6.34. The van der Waals surface area contributed by atoms with E-state index >= 15 is 0 Å². The first kappa shape index (κ1) is 13.6. The molecule has 0 spiro atoms. The molecule has 0 aliphatic heterocycles. The smallest absolute Gasteiger partial charge is 0.337 e. The summed E-state index contributed by atoms with van der Waals surface area (Å²) in [6.07, 6.45) is 1.28. The molecule has 19 heavy (non-hydrogen) atoms. The van der Waals surface area contributed by atoms with Gasteiger partial charge in [-0.15, -0.1) is 0 Å². The fourth-order valence-electron chi connectivity index (χ4n) is 1.38. The molecule has 1 aromatic carbocycles. The molecule has 0 radical (unpaired) electrons. The highest BCUT2D eigenvalue weighted by Gasteiger charge is 2.05. The van der Waals surface area contributed by atoms with Gasteiger partial charge in [0.05, 0.1) is 16.3 Å². The molecule has 0 aliphatic carbocycles. The van der Waals surface area contributed by atoms with Crippen molar-refractivity contribution in [3.63, 3.8) is 0 Å². The Labute approximate surface area is 119 Å². The molecule has 1 aromatic heterocycles. The maximum absolute atomic E-state index is 10.7. The topological polar surface area (TPSA) is 59.4 Å². The number of carboxylic acid groups (broad SMARTS) is 1. The fourth-order valence-corrected chi connectivity index (χ4v) is 1.71. The summed E-state index contributed by atoms with van der Waals surface area (Å²) >= 11 is 11.8. The second-order valence-electron chi connectivity index (χ2n) is 3.71. The van der Waals surface area contributed by atoms with Gasteiger partial charge in [-0.25, -0.2) is 4.79 Å². The van der Waals surface area contributed by atoms with Crippen molar-refractivity contribution in [2.24, 2.45) is 0 Å². The molecular weight excluding hydrogens is 289 g/mol. The van der Waals surface area contributed by atoms with Crippen molar-refractivity contribution in [1.29, 1.82) is 0 Å². The summed E-state index contributed by atoms with van der Waals surface area (Å²) in [5.41, 5.74) is 0.727. The van der Waals surface area contributed by atoms with Crippen LogP contribution in [0, 0.1) is 0 Å². The molecule has 1 N–H and O–H groups in total. The first-order chi connectivity index (χ1) is 9.06. The van der Waals surface area contributed by atoms with Crippen molar-refractivity contribution >= 4 is 29.2 Å². The van der Waals surface area contributed by atoms with Crippen LogP contribution in [0.15, 0.2) is 36.5 Å². The SMILES string of the molecule is O=C(O)c1ccc(COc2cc(Cl)ccc2Cl)nc1. The first-order valence-electron chi connectivity index (χ1n) is 5.32. The third kappa shape index (κ3) is 3.59. The second-order valence-corrected chi connectivity index (χ2v) is 4.55. The lowest BCUT2D eigenvalue weighted by atomic mass is 10.2. The van der Waals surface area contributed by atoms with Gasteiger partial charge in [0.15, 0.2) is 0 Å². The van der Waals surface area contributed by atoms with E-state index in [-0.39, 0.29) is 12.2 Å². The summed E-state index contributed by atoms with van der Waals surface area (Å²) in [6, 6.07) is 7.96. The number of carbonyl (C=O) groups is 1. The Kier molecular flexibility index (Phi) is 4.24. The monoisotopic (exact) mass is 297 g/mol. The highest BCUT2D eigenvalue weighted by Crippen LogP contribution is 2.28. The number of rotatable bonds is 4. The zero-order chi connectivity index (χ0) is 13.8. The molecule has 98 valence electrons. The Morgan fingerprint density at radius 3 is 2.68 bits per heavy atom. The van der Waals surface area contributed by atoms with Crippen LogP contribution in [-0.4, -0.2) is 16.1 Å². The van der Waals surface area contributed by atoms with Crippen molar-refractivity contribution in [3.8, 4) is 5.75 Å². The Hall–Kier alpha value is -1.78. The molecule has 6 heteroatoms. The number of carboxylic acids is 1. The van der Waals surface area contributed by atoms with Crippen LogP contribution in [0.2, 0.25) is 10.0 Å². The van der Waals surface area contributed by atoms with Gasteiger partial charge in [-0.3, -0.25) is 4.98 Å². The lowest BCUT2D eigenvalue weighted by molar-refractivity contribution is 0.0696. The summed E-state index contributed by atoms with van der Waals surface area (Å²) in [6.45, 7) is 0.181. The largest absolute Gasteiger partial charge is 0.486 e. The zero-order valence-electron chi connectivity index (χ0n) is 9.64. The van der Waals surface area contributed by atoms with Gasteiger partial charge in [0.25, 0.3) is 0 Å².